The van der Waals surface area contributed by atoms with Crippen LogP contribution in [-0.2, 0) is 11.2 Å². The summed E-state index contributed by atoms with van der Waals surface area (Å²) in [5, 5.41) is 9.10. The van der Waals surface area contributed by atoms with Gasteiger partial charge >= 0.3 is 5.97 Å². The number of carboxylic acids is 1. The average molecular weight is 381 g/mol. The molecule has 2 atom stereocenters. The van der Waals surface area contributed by atoms with Crippen molar-refractivity contribution in [2.24, 2.45) is 0 Å². The SMILES string of the molecule is CC1c2c(nc(Cc3cccc(Br)c3)[nH]c2=O)SC1C(=O)O. The van der Waals surface area contributed by atoms with Crippen LogP contribution in [0.3, 0.4) is 0 Å². The van der Waals surface area contributed by atoms with Gasteiger partial charge in [0.15, 0.2) is 0 Å². The van der Waals surface area contributed by atoms with E-state index in [-0.39, 0.29) is 11.5 Å². The van der Waals surface area contributed by atoms with Gasteiger partial charge in [0.2, 0.25) is 0 Å². The van der Waals surface area contributed by atoms with Gasteiger partial charge in [-0.1, -0.05) is 46.7 Å². The molecule has 2 aromatic rings. The number of hydrogen-bond donors (Lipinski definition) is 2. The van der Waals surface area contributed by atoms with Gasteiger partial charge in [-0.25, -0.2) is 4.98 Å². The Bertz CT molecular complexity index is 806. The van der Waals surface area contributed by atoms with E-state index < -0.39 is 11.2 Å². The minimum atomic E-state index is -0.913. The lowest BCUT2D eigenvalue weighted by molar-refractivity contribution is -0.136. The highest BCUT2D eigenvalue weighted by Crippen LogP contribution is 2.42. The largest absolute Gasteiger partial charge is 0.480 e. The molecule has 1 aliphatic heterocycles. The zero-order valence-corrected chi connectivity index (χ0v) is 14.1. The zero-order valence-electron chi connectivity index (χ0n) is 11.7. The van der Waals surface area contributed by atoms with E-state index in [1.807, 2.05) is 24.3 Å². The van der Waals surface area contributed by atoms with Crippen LogP contribution in [0.1, 0.15) is 29.8 Å². The second-order valence-corrected chi connectivity index (χ2v) is 7.25. The monoisotopic (exact) mass is 380 g/mol. The number of benzene rings is 1. The van der Waals surface area contributed by atoms with Crippen molar-refractivity contribution in [2.75, 3.05) is 0 Å². The van der Waals surface area contributed by atoms with Crippen molar-refractivity contribution < 1.29 is 9.90 Å². The molecule has 2 unspecified atom stereocenters. The van der Waals surface area contributed by atoms with Gasteiger partial charge in [-0.15, -0.1) is 0 Å². The molecule has 1 aromatic carbocycles. The van der Waals surface area contributed by atoms with Gasteiger partial charge in [0, 0.05) is 16.8 Å². The first-order valence-electron chi connectivity index (χ1n) is 6.72. The molecule has 7 heteroatoms. The number of aliphatic carboxylic acids is 1. The first-order chi connectivity index (χ1) is 10.5. The van der Waals surface area contributed by atoms with Crippen molar-refractivity contribution in [3.63, 3.8) is 0 Å². The molecule has 3 rings (SSSR count). The number of nitrogens with one attached hydrogen (secondary N) is 1. The number of hydrogen-bond acceptors (Lipinski definition) is 4. The Balaban J connectivity index is 1.95. The second kappa shape index (κ2) is 5.89. The van der Waals surface area contributed by atoms with Crippen molar-refractivity contribution in [1.29, 1.82) is 0 Å². The molecule has 2 N–H and O–H groups in total. The first kappa shape index (κ1) is 15.3. The minimum absolute atomic E-state index is 0.237. The fourth-order valence-corrected chi connectivity index (χ4v) is 4.26. The Morgan fingerprint density at radius 2 is 2.27 bits per heavy atom. The summed E-state index contributed by atoms with van der Waals surface area (Å²) in [6, 6.07) is 7.76. The number of halogens is 1. The highest BCUT2D eigenvalue weighted by Gasteiger charge is 2.38. The number of rotatable bonds is 3. The summed E-state index contributed by atoms with van der Waals surface area (Å²) in [6.07, 6.45) is 0.495. The van der Waals surface area contributed by atoms with E-state index in [1.165, 1.54) is 0 Å². The molecule has 0 radical (unpaired) electrons. The topological polar surface area (TPSA) is 83.0 Å². The fourth-order valence-electron chi connectivity index (χ4n) is 2.56. The average Bonchev–Trinajstić information content (AvgIpc) is 2.76. The van der Waals surface area contributed by atoms with E-state index in [2.05, 4.69) is 25.9 Å². The summed E-state index contributed by atoms with van der Waals surface area (Å²) < 4.78 is 0.961. The van der Waals surface area contributed by atoms with Crippen LogP contribution < -0.4 is 5.56 Å². The van der Waals surface area contributed by atoms with Gasteiger partial charge in [0.25, 0.3) is 5.56 Å². The van der Waals surface area contributed by atoms with Crippen LogP contribution >= 0.6 is 27.7 Å². The third kappa shape index (κ3) is 2.83. The van der Waals surface area contributed by atoms with Gasteiger partial charge in [-0.3, -0.25) is 9.59 Å². The van der Waals surface area contributed by atoms with Crippen molar-refractivity contribution in [3.8, 4) is 0 Å². The number of nitrogens with zero attached hydrogens (tertiary/aromatic N) is 1. The van der Waals surface area contributed by atoms with E-state index in [1.54, 1.807) is 6.92 Å². The van der Waals surface area contributed by atoms with Crippen molar-refractivity contribution in [3.05, 3.63) is 56.0 Å². The maximum absolute atomic E-state index is 12.3. The number of aromatic amines is 1. The Labute approximate surface area is 139 Å². The molecule has 0 fully saturated rings. The highest BCUT2D eigenvalue weighted by atomic mass is 79.9. The fraction of sp³-hybridized carbons (Fsp3) is 0.267. The summed E-state index contributed by atoms with van der Waals surface area (Å²) in [7, 11) is 0. The third-order valence-corrected chi connectivity index (χ3v) is 5.51. The normalized spacial score (nSPS) is 19.9. The van der Waals surface area contributed by atoms with E-state index in [4.69, 9.17) is 0 Å². The van der Waals surface area contributed by atoms with Crippen LogP contribution in [0.15, 0.2) is 38.6 Å². The van der Waals surface area contributed by atoms with Crippen molar-refractivity contribution in [2.45, 2.75) is 29.5 Å². The molecule has 1 aromatic heterocycles. The lowest BCUT2D eigenvalue weighted by Gasteiger charge is -2.08. The number of fused-ring (bicyclic) bond motifs is 1. The van der Waals surface area contributed by atoms with Crippen LogP contribution in [0, 0.1) is 0 Å². The maximum atomic E-state index is 12.3. The molecule has 5 nitrogen and oxygen atoms in total. The number of carbonyl (C=O) groups is 1. The highest BCUT2D eigenvalue weighted by molar-refractivity contribution is 9.10. The minimum Gasteiger partial charge on any atom is -0.480 e. The molecule has 22 heavy (non-hydrogen) atoms. The smallest absolute Gasteiger partial charge is 0.317 e. The number of H-pyrrole nitrogens is 1. The van der Waals surface area contributed by atoms with E-state index in [0.29, 0.717) is 22.8 Å². The Morgan fingerprint density at radius 1 is 1.50 bits per heavy atom. The molecule has 0 amide bonds. The summed E-state index contributed by atoms with van der Waals surface area (Å²) >= 11 is 4.56. The predicted molar refractivity (Wildman–Crippen MR) is 87.5 cm³/mol. The summed E-state index contributed by atoms with van der Waals surface area (Å²) in [4.78, 5) is 30.7. The second-order valence-electron chi connectivity index (χ2n) is 5.20. The third-order valence-electron chi connectivity index (χ3n) is 3.62. The molecular formula is C15H13BrN2O3S. The molecular weight excluding hydrogens is 368 g/mol. The van der Waals surface area contributed by atoms with Gasteiger partial charge in [0.1, 0.15) is 16.1 Å². The summed E-state index contributed by atoms with van der Waals surface area (Å²) in [6.45, 7) is 1.75. The van der Waals surface area contributed by atoms with Crippen LogP contribution in [0.2, 0.25) is 0 Å². The molecule has 0 spiro atoms. The standard InChI is InChI=1S/C15H13BrN2O3S/c1-7-11-13(19)17-10(6-8-3-2-4-9(16)5-8)18-14(11)22-12(7)15(20)21/h2-5,7,12H,6H2,1H3,(H,20,21)(H,17,18,19). The van der Waals surface area contributed by atoms with Crippen LogP contribution in [0.25, 0.3) is 0 Å². The molecule has 1 aliphatic rings. The van der Waals surface area contributed by atoms with E-state index in [9.17, 15) is 14.7 Å². The Kier molecular flexibility index (Phi) is 4.10. The maximum Gasteiger partial charge on any atom is 0.317 e. The number of carboxylic acid groups (broad SMARTS) is 1. The zero-order chi connectivity index (χ0) is 15.9. The summed E-state index contributed by atoms with van der Waals surface area (Å²) in [5.74, 6) is -0.704. The lowest BCUT2D eigenvalue weighted by atomic mass is 10.0. The van der Waals surface area contributed by atoms with Gasteiger partial charge in [0.05, 0.1) is 5.56 Å². The quantitative estimate of drug-likeness (QED) is 0.799. The number of thioether (sulfide) groups is 1. The van der Waals surface area contributed by atoms with Crippen molar-refractivity contribution >= 4 is 33.7 Å². The van der Waals surface area contributed by atoms with Gasteiger partial charge in [-0.05, 0) is 17.7 Å². The Morgan fingerprint density at radius 3 is 2.95 bits per heavy atom. The van der Waals surface area contributed by atoms with Crippen LogP contribution in [0.5, 0.6) is 0 Å². The summed E-state index contributed by atoms with van der Waals surface area (Å²) in [5.41, 5.74) is 1.26. The van der Waals surface area contributed by atoms with Crippen LogP contribution in [-0.4, -0.2) is 26.3 Å². The van der Waals surface area contributed by atoms with Gasteiger partial charge < -0.3 is 10.1 Å². The van der Waals surface area contributed by atoms with E-state index >= 15 is 0 Å². The van der Waals surface area contributed by atoms with Crippen molar-refractivity contribution in [1.82, 2.24) is 9.97 Å². The lowest BCUT2D eigenvalue weighted by Crippen LogP contribution is -2.23. The molecule has 0 aliphatic carbocycles. The molecule has 114 valence electrons. The first-order valence-corrected chi connectivity index (χ1v) is 8.40. The Hall–Kier alpha value is -1.60. The molecule has 0 bridgehead atoms. The van der Waals surface area contributed by atoms with E-state index in [0.717, 1.165) is 21.8 Å². The van der Waals surface area contributed by atoms with Gasteiger partial charge in [-0.2, -0.15) is 0 Å². The molecule has 0 saturated carbocycles. The predicted octanol–water partition coefficient (Wildman–Crippen LogP) is 2.79. The van der Waals surface area contributed by atoms with Crippen LogP contribution in [0.4, 0.5) is 0 Å². The number of aromatic nitrogens is 2. The molecule has 2 heterocycles. The molecule has 0 saturated heterocycles.